The second-order valence-corrected chi connectivity index (χ2v) is 2.74. The van der Waals surface area contributed by atoms with Crippen LogP contribution in [0, 0.1) is 0 Å². The number of nitrogens with zero attached hydrogens (tertiary/aromatic N) is 1. The smallest absolute Gasteiger partial charge is 0.266 e. The molecule has 2 aliphatic rings. The Morgan fingerprint density at radius 3 is 3.10 bits per heavy atom. The van der Waals surface area contributed by atoms with E-state index in [2.05, 4.69) is 6.58 Å². The minimum Gasteiger partial charge on any atom is -0.434 e. The molecule has 2 fully saturated rings. The van der Waals surface area contributed by atoms with Gasteiger partial charge < -0.3 is 14.4 Å². The zero-order valence-corrected chi connectivity index (χ0v) is 6.35. The summed E-state index contributed by atoms with van der Waals surface area (Å²) in [6.45, 7) is 3.66. The number of rotatable bonds is 0. The maximum atomic E-state index is 5.19. The summed E-state index contributed by atoms with van der Waals surface area (Å²) >= 11 is 4.87. The van der Waals surface area contributed by atoms with Crippen LogP contribution >= 0.6 is 12.2 Å². The van der Waals surface area contributed by atoms with Gasteiger partial charge in [-0.15, -0.1) is 0 Å². The molecule has 2 heterocycles. The fourth-order valence-electron chi connectivity index (χ4n) is 0.980. The van der Waals surface area contributed by atoms with Crippen LogP contribution in [0.25, 0.3) is 0 Å². The molecule has 2 saturated heterocycles. The molecule has 2 aliphatic heterocycles. The van der Waals surface area contributed by atoms with E-state index < -0.39 is 0 Å². The number of fused-ring (bicyclic) bond motifs is 1. The first kappa shape index (κ1) is 6.12. The molecule has 10 heavy (non-hydrogen) atoms. The van der Waals surface area contributed by atoms with Gasteiger partial charge in [0, 0.05) is 7.05 Å². The Hall–Kier alpha value is -0.610. The van der Waals surface area contributed by atoms with Crippen LogP contribution in [-0.2, 0) is 9.47 Å². The van der Waals surface area contributed by atoms with E-state index >= 15 is 0 Å². The largest absolute Gasteiger partial charge is 0.434 e. The van der Waals surface area contributed by atoms with Crippen LogP contribution in [0.2, 0.25) is 0 Å². The van der Waals surface area contributed by atoms with Crippen molar-refractivity contribution in [2.45, 2.75) is 12.3 Å². The summed E-state index contributed by atoms with van der Waals surface area (Å²) in [6, 6.07) is 0. The highest BCUT2D eigenvalue weighted by Gasteiger charge is 2.50. The predicted molar refractivity (Wildman–Crippen MR) is 39.2 cm³/mol. The van der Waals surface area contributed by atoms with E-state index in [4.69, 9.17) is 21.7 Å². The van der Waals surface area contributed by atoms with Crippen molar-refractivity contribution >= 4 is 17.4 Å². The molecular formula is C6H7NO2S. The maximum Gasteiger partial charge on any atom is 0.266 e. The Morgan fingerprint density at radius 1 is 1.70 bits per heavy atom. The van der Waals surface area contributed by atoms with Gasteiger partial charge in [0.2, 0.25) is 0 Å². The summed E-state index contributed by atoms with van der Waals surface area (Å²) in [5, 5.41) is 0.448. The van der Waals surface area contributed by atoms with Crippen molar-refractivity contribution in [3.63, 3.8) is 0 Å². The summed E-state index contributed by atoms with van der Waals surface area (Å²) in [7, 11) is 1.85. The molecule has 3 nitrogen and oxygen atoms in total. The summed E-state index contributed by atoms with van der Waals surface area (Å²) in [5.41, 5.74) is 0. The Morgan fingerprint density at radius 2 is 2.40 bits per heavy atom. The minimum absolute atomic E-state index is 0.0525. The molecule has 2 rings (SSSR count). The zero-order valence-electron chi connectivity index (χ0n) is 5.53. The summed E-state index contributed by atoms with van der Waals surface area (Å²) in [4.78, 5) is 1.79. The average Bonchev–Trinajstić information content (AvgIpc) is 2.61. The number of likely N-dealkylation sites (N-methyl/N-ethyl adjacent to an activating group) is 1. The van der Waals surface area contributed by atoms with Crippen LogP contribution in [0.15, 0.2) is 12.3 Å². The predicted octanol–water partition coefficient (Wildman–Crippen LogP) is 0.472. The minimum atomic E-state index is 0.0525. The first-order valence-electron chi connectivity index (χ1n) is 2.99. The van der Waals surface area contributed by atoms with E-state index in [0.717, 1.165) is 0 Å². The van der Waals surface area contributed by atoms with Gasteiger partial charge in [-0.1, -0.05) is 6.58 Å². The average molecular weight is 157 g/mol. The number of hydrogen-bond acceptors (Lipinski definition) is 3. The highest BCUT2D eigenvalue weighted by molar-refractivity contribution is 7.80. The third kappa shape index (κ3) is 0.660. The summed E-state index contributed by atoms with van der Waals surface area (Å²) in [6.07, 6.45) is 0.144. The fourth-order valence-corrected chi connectivity index (χ4v) is 1.19. The van der Waals surface area contributed by atoms with Crippen molar-refractivity contribution in [3.8, 4) is 0 Å². The van der Waals surface area contributed by atoms with Gasteiger partial charge in [0.25, 0.3) is 5.17 Å². The highest BCUT2D eigenvalue weighted by Crippen LogP contribution is 2.35. The fraction of sp³-hybridized carbons (Fsp3) is 0.500. The Balaban J connectivity index is 2.20. The normalized spacial score (nSPS) is 37.1. The molecule has 0 aromatic rings. The first-order valence-corrected chi connectivity index (χ1v) is 3.40. The van der Waals surface area contributed by atoms with Crippen LogP contribution in [0.1, 0.15) is 0 Å². The van der Waals surface area contributed by atoms with Gasteiger partial charge in [-0.3, -0.25) is 0 Å². The first-order chi connectivity index (χ1) is 4.70. The van der Waals surface area contributed by atoms with Gasteiger partial charge in [0.1, 0.15) is 5.76 Å². The van der Waals surface area contributed by atoms with Crippen molar-refractivity contribution in [1.82, 2.24) is 4.90 Å². The van der Waals surface area contributed by atoms with Gasteiger partial charge in [0.15, 0.2) is 12.3 Å². The van der Waals surface area contributed by atoms with E-state index in [1.165, 1.54) is 0 Å². The molecule has 54 valence electrons. The van der Waals surface area contributed by atoms with E-state index in [1.807, 2.05) is 7.05 Å². The Kier molecular flexibility index (Phi) is 1.04. The molecule has 2 unspecified atom stereocenters. The van der Waals surface area contributed by atoms with Crippen molar-refractivity contribution in [2.24, 2.45) is 0 Å². The Labute approximate surface area is 64.2 Å². The number of thiocarbonyl (C=S) groups is 1. The lowest BCUT2D eigenvalue weighted by molar-refractivity contribution is 0.262. The molecule has 0 aromatic heterocycles. The lowest BCUT2D eigenvalue weighted by atomic mass is 10.3. The lowest BCUT2D eigenvalue weighted by Gasteiger charge is -2.21. The maximum absolute atomic E-state index is 5.19. The van der Waals surface area contributed by atoms with Gasteiger partial charge >= 0.3 is 0 Å². The Bertz CT molecular complexity index is 216. The van der Waals surface area contributed by atoms with Gasteiger partial charge in [0.05, 0.1) is 0 Å². The lowest BCUT2D eigenvalue weighted by Crippen LogP contribution is -2.35. The molecule has 0 aliphatic carbocycles. The molecule has 0 saturated carbocycles. The van der Waals surface area contributed by atoms with E-state index in [9.17, 15) is 0 Å². The molecule has 0 spiro atoms. The summed E-state index contributed by atoms with van der Waals surface area (Å²) in [5.74, 6) is 0.633. The number of ether oxygens (including phenoxy) is 2. The van der Waals surface area contributed by atoms with E-state index in [0.29, 0.717) is 10.9 Å². The quantitative estimate of drug-likeness (QED) is 0.377. The standard InChI is InChI=1S/C6H7NO2S/c1-3-4-5(9-4)7(2)6(10)8-3/h4-5H,1H2,2H3. The van der Waals surface area contributed by atoms with Gasteiger partial charge in [-0.05, 0) is 12.2 Å². The highest BCUT2D eigenvalue weighted by atomic mass is 32.1. The molecule has 0 N–H and O–H groups in total. The van der Waals surface area contributed by atoms with Crippen LogP contribution in [0.4, 0.5) is 0 Å². The molecule has 0 aromatic carbocycles. The number of hydrogen-bond donors (Lipinski definition) is 0. The van der Waals surface area contributed by atoms with Crippen molar-refractivity contribution in [1.29, 1.82) is 0 Å². The SMILES string of the molecule is C=C1OC(=S)N(C)C2OC12. The monoisotopic (exact) mass is 157 g/mol. The van der Waals surface area contributed by atoms with Crippen molar-refractivity contribution in [2.75, 3.05) is 7.05 Å². The third-order valence-corrected chi connectivity index (χ3v) is 2.05. The zero-order chi connectivity index (χ0) is 7.30. The van der Waals surface area contributed by atoms with E-state index in [1.54, 1.807) is 4.90 Å². The van der Waals surface area contributed by atoms with Crippen molar-refractivity contribution < 1.29 is 9.47 Å². The molecule has 0 bridgehead atoms. The second-order valence-electron chi connectivity index (χ2n) is 2.39. The summed E-state index contributed by atoms with van der Waals surface area (Å²) < 4.78 is 10.3. The third-order valence-electron chi connectivity index (χ3n) is 1.67. The van der Waals surface area contributed by atoms with Gasteiger partial charge in [-0.25, -0.2) is 0 Å². The molecule has 4 heteroatoms. The molecule has 2 atom stereocenters. The number of epoxide rings is 1. The van der Waals surface area contributed by atoms with Crippen molar-refractivity contribution in [3.05, 3.63) is 12.3 Å². The second kappa shape index (κ2) is 1.71. The molecule has 0 radical (unpaired) electrons. The van der Waals surface area contributed by atoms with Gasteiger partial charge in [-0.2, -0.15) is 0 Å². The molecule has 0 amide bonds. The van der Waals surface area contributed by atoms with Crippen LogP contribution < -0.4 is 0 Å². The molecular weight excluding hydrogens is 150 g/mol. The van der Waals surface area contributed by atoms with Crippen LogP contribution in [-0.4, -0.2) is 29.5 Å². The topological polar surface area (TPSA) is 25.0 Å². The van der Waals surface area contributed by atoms with Crippen LogP contribution in [0.5, 0.6) is 0 Å². The van der Waals surface area contributed by atoms with Crippen LogP contribution in [0.3, 0.4) is 0 Å². The van der Waals surface area contributed by atoms with E-state index in [-0.39, 0.29) is 12.3 Å².